The normalized spacial score (nSPS) is 22.0. The minimum atomic E-state index is -5.05. The van der Waals surface area contributed by atoms with Gasteiger partial charge in [-0.15, -0.1) is 11.3 Å². The molecule has 1 aliphatic heterocycles. The maximum absolute atomic E-state index is 13.6. The average Bonchev–Trinajstić information content (AvgIpc) is 3.64. The number of halogens is 6. The van der Waals surface area contributed by atoms with Crippen molar-refractivity contribution in [1.29, 1.82) is 0 Å². The zero-order chi connectivity index (χ0) is 34.1. The lowest BCUT2D eigenvalue weighted by molar-refractivity contribution is -0.143. The molecule has 1 saturated carbocycles. The summed E-state index contributed by atoms with van der Waals surface area (Å²) in [5, 5.41) is 11.0. The highest BCUT2D eigenvalue weighted by Crippen LogP contribution is 2.41. The molecule has 0 radical (unpaired) electrons. The van der Waals surface area contributed by atoms with Crippen molar-refractivity contribution in [2.75, 3.05) is 18.0 Å². The standard InChI is InChI=1S/C32H34F6N4O4S/c1-3-41(16-20-8-6-19(7-9-20)11-27(43)44)29-25(40-24(15-39-29)26-5-4-10-47-26)17-42-18(2)28(46-30(42)45)21-12-22(31(33,34)35)14-23(13-21)32(36,37)38/h4-5,10,12-15,18-20,28H,3,6-9,11,16-17H2,1-2H3,(H,43,44)/t18-,19?,20?,28-/m0/s1. The zero-order valence-corrected chi connectivity index (χ0v) is 26.5. The molecule has 254 valence electrons. The van der Waals surface area contributed by atoms with Gasteiger partial charge in [-0.2, -0.15) is 26.3 Å². The number of nitrogens with zero attached hydrogens (tertiary/aromatic N) is 4. The Morgan fingerprint density at radius 2 is 1.70 bits per heavy atom. The van der Waals surface area contributed by atoms with E-state index in [0.29, 0.717) is 42.4 Å². The molecule has 8 nitrogen and oxygen atoms in total. The number of hydrogen-bond donors (Lipinski definition) is 1. The molecule has 3 heterocycles. The van der Waals surface area contributed by atoms with Gasteiger partial charge in [-0.1, -0.05) is 6.07 Å². The lowest BCUT2D eigenvalue weighted by Gasteiger charge is -2.33. The molecule has 0 unspecified atom stereocenters. The smallest absolute Gasteiger partial charge is 0.416 e. The van der Waals surface area contributed by atoms with E-state index >= 15 is 0 Å². The van der Waals surface area contributed by atoms with Crippen LogP contribution in [0.15, 0.2) is 41.9 Å². The summed E-state index contributed by atoms with van der Waals surface area (Å²) >= 11 is 1.44. The van der Waals surface area contributed by atoms with Crippen LogP contribution in [-0.4, -0.2) is 51.2 Å². The lowest BCUT2D eigenvalue weighted by Crippen LogP contribution is -2.36. The van der Waals surface area contributed by atoms with E-state index in [9.17, 15) is 35.9 Å². The fourth-order valence-electron chi connectivity index (χ4n) is 6.34. The highest BCUT2D eigenvalue weighted by atomic mass is 32.1. The number of carbonyl (C=O) groups excluding carboxylic acids is 1. The van der Waals surface area contributed by atoms with Crippen LogP contribution in [0.1, 0.15) is 74.4 Å². The van der Waals surface area contributed by atoms with Crippen molar-refractivity contribution in [2.24, 2.45) is 11.8 Å². The van der Waals surface area contributed by atoms with E-state index in [1.807, 2.05) is 29.3 Å². The fraction of sp³-hybridized carbons (Fsp3) is 0.500. The summed E-state index contributed by atoms with van der Waals surface area (Å²) < 4.78 is 86.9. The summed E-state index contributed by atoms with van der Waals surface area (Å²) in [6.45, 7) is 4.46. The maximum Gasteiger partial charge on any atom is 0.416 e. The summed E-state index contributed by atoms with van der Waals surface area (Å²) in [5.41, 5.74) is -2.44. The average molecular weight is 685 g/mol. The van der Waals surface area contributed by atoms with Crippen LogP contribution < -0.4 is 4.90 Å². The third kappa shape index (κ3) is 7.99. The number of amides is 1. The highest BCUT2D eigenvalue weighted by molar-refractivity contribution is 7.13. The molecule has 1 aliphatic carbocycles. The second kappa shape index (κ2) is 13.7. The largest absolute Gasteiger partial charge is 0.481 e. The van der Waals surface area contributed by atoms with Gasteiger partial charge < -0.3 is 14.7 Å². The van der Waals surface area contributed by atoms with E-state index in [-0.39, 0.29) is 30.9 Å². The Balaban J connectivity index is 1.43. The summed E-state index contributed by atoms with van der Waals surface area (Å²) in [6.07, 6.45) is -7.32. The van der Waals surface area contributed by atoms with Gasteiger partial charge in [0.25, 0.3) is 0 Å². The number of hydrogen-bond acceptors (Lipinski definition) is 7. The number of thiophene rings is 1. The number of cyclic esters (lactones) is 1. The molecule has 1 amide bonds. The van der Waals surface area contributed by atoms with Crippen LogP contribution in [-0.2, 0) is 28.4 Å². The van der Waals surface area contributed by atoms with Gasteiger partial charge in [0, 0.05) is 19.5 Å². The van der Waals surface area contributed by atoms with Crippen molar-refractivity contribution >= 4 is 29.2 Å². The van der Waals surface area contributed by atoms with Gasteiger partial charge in [0.2, 0.25) is 0 Å². The van der Waals surface area contributed by atoms with Crippen LogP contribution in [0.25, 0.3) is 10.6 Å². The first-order valence-corrected chi connectivity index (χ1v) is 16.1. The number of aliphatic carboxylic acids is 1. The second-order valence-electron chi connectivity index (χ2n) is 12.0. The number of carboxylic acids is 1. The summed E-state index contributed by atoms with van der Waals surface area (Å²) in [7, 11) is 0. The molecule has 47 heavy (non-hydrogen) atoms. The van der Waals surface area contributed by atoms with E-state index in [0.717, 1.165) is 30.6 Å². The number of rotatable bonds is 10. The molecular weight excluding hydrogens is 650 g/mol. The zero-order valence-electron chi connectivity index (χ0n) is 25.6. The monoisotopic (exact) mass is 684 g/mol. The molecule has 3 aromatic rings. The Hall–Kier alpha value is -3.88. The number of anilines is 1. The van der Waals surface area contributed by atoms with Gasteiger partial charge in [-0.3, -0.25) is 9.69 Å². The van der Waals surface area contributed by atoms with Gasteiger partial charge >= 0.3 is 24.4 Å². The first kappa shape index (κ1) is 34.5. The van der Waals surface area contributed by atoms with Gasteiger partial charge in [-0.25, -0.2) is 14.8 Å². The first-order valence-electron chi connectivity index (χ1n) is 15.3. The second-order valence-corrected chi connectivity index (χ2v) is 13.0. The Morgan fingerprint density at radius 3 is 2.26 bits per heavy atom. The van der Waals surface area contributed by atoms with Gasteiger partial charge in [0.1, 0.15) is 11.8 Å². The Labute approximate surface area is 271 Å². The summed E-state index contributed by atoms with van der Waals surface area (Å²) in [4.78, 5) is 38.0. The fourth-order valence-corrected chi connectivity index (χ4v) is 7.02. The summed E-state index contributed by atoms with van der Waals surface area (Å²) in [5.74, 6) is 0.108. The van der Waals surface area contributed by atoms with Gasteiger partial charge in [-0.05, 0) is 86.6 Å². The molecule has 2 aliphatic rings. The number of carbonyl (C=O) groups is 2. The van der Waals surface area contributed by atoms with Gasteiger partial charge in [0.15, 0.2) is 5.82 Å². The first-order chi connectivity index (χ1) is 22.1. The lowest BCUT2D eigenvalue weighted by atomic mass is 9.80. The number of alkyl halides is 6. The van der Waals surface area contributed by atoms with Crippen molar-refractivity contribution in [3.8, 4) is 10.6 Å². The van der Waals surface area contributed by atoms with Crippen molar-refractivity contribution in [2.45, 2.75) is 77.0 Å². The van der Waals surface area contributed by atoms with Crippen LogP contribution in [0, 0.1) is 11.8 Å². The van der Waals surface area contributed by atoms with Crippen molar-refractivity contribution in [3.05, 3.63) is 64.3 Å². The van der Waals surface area contributed by atoms with Gasteiger partial charge in [0.05, 0.1) is 40.5 Å². The SMILES string of the molecule is CCN(CC1CCC(CC(=O)O)CC1)c1ncc(-c2cccs2)nc1CN1C(=O)O[C@H](c2cc(C(F)(F)F)cc(C(F)(F)F)c2)[C@@H]1C. The Morgan fingerprint density at radius 1 is 1.06 bits per heavy atom. The molecule has 1 aromatic carbocycles. The van der Waals surface area contributed by atoms with Crippen molar-refractivity contribution in [1.82, 2.24) is 14.9 Å². The number of carboxylic acid groups (broad SMARTS) is 1. The van der Waals surface area contributed by atoms with E-state index in [2.05, 4.69) is 0 Å². The van der Waals surface area contributed by atoms with Crippen molar-refractivity contribution < 1.29 is 45.8 Å². The Bertz CT molecular complexity index is 1540. The van der Waals surface area contributed by atoms with Crippen LogP contribution in [0.4, 0.5) is 37.0 Å². The molecule has 0 bridgehead atoms. The van der Waals surface area contributed by atoms with Crippen LogP contribution in [0.3, 0.4) is 0 Å². The number of benzene rings is 1. The van der Waals surface area contributed by atoms with E-state index in [1.54, 1.807) is 6.20 Å². The van der Waals surface area contributed by atoms with Crippen molar-refractivity contribution in [3.63, 3.8) is 0 Å². The Kier molecular flexibility index (Phi) is 10.0. The topological polar surface area (TPSA) is 95.9 Å². The molecular formula is C32H34F6N4O4S. The predicted molar refractivity (Wildman–Crippen MR) is 162 cm³/mol. The summed E-state index contributed by atoms with van der Waals surface area (Å²) in [6, 6.07) is 3.98. The minimum absolute atomic E-state index is 0.0403. The number of aromatic nitrogens is 2. The maximum atomic E-state index is 13.6. The van der Waals surface area contributed by atoms with Crippen LogP contribution in [0.5, 0.6) is 0 Å². The molecule has 2 fully saturated rings. The van der Waals surface area contributed by atoms with E-state index < -0.39 is 53.3 Å². The number of ether oxygens (including phenoxy) is 1. The third-order valence-corrected chi connectivity index (χ3v) is 9.73. The molecule has 1 N–H and O–H groups in total. The molecule has 15 heteroatoms. The van der Waals surface area contributed by atoms with Crippen LogP contribution >= 0.6 is 11.3 Å². The van der Waals surface area contributed by atoms with E-state index in [1.165, 1.54) is 23.2 Å². The molecule has 1 saturated heterocycles. The highest BCUT2D eigenvalue weighted by Gasteiger charge is 2.44. The molecule has 2 aromatic heterocycles. The van der Waals surface area contributed by atoms with Crippen LogP contribution in [0.2, 0.25) is 0 Å². The predicted octanol–water partition coefficient (Wildman–Crippen LogP) is 8.43. The van der Waals surface area contributed by atoms with E-state index in [4.69, 9.17) is 19.8 Å². The third-order valence-electron chi connectivity index (χ3n) is 8.84. The minimum Gasteiger partial charge on any atom is -0.481 e. The quantitative estimate of drug-likeness (QED) is 0.214. The molecule has 5 rings (SSSR count). The molecule has 2 atom stereocenters. The molecule has 0 spiro atoms.